The molecule has 0 aromatic heterocycles. The highest BCUT2D eigenvalue weighted by Gasteiger charge is 2.18. The van der Waals surface area contributed by atoms with Gasteiger partial charge in [0.2, 0.25) is 0 Å². The van der Waals surface area contributed by atoms with Gasteiger partial charge in [0.05, 0.1) is 0 Å². The van der Waals surface area contributed by atoms with Crippen LogP contribution in [0, 0.1) is 0 Å². The summed E-state index contributed by atoms with van der Waals surface area (Å²) in [5.41, 5.74) is 4.60. The largest absolute Gasteiger partial charge is 0.595 e. The van der Waals surface area contributed by atoms with Crippen LogP contribution in [0.25, 0.3) is 0 Å². The minimum Gasteiger partial charge on any atom is -0.595 e. The maximum atomic E-state index is 10.8. The van der Waals surface area contributed by atoms with Gasteiger partial charge in [-0.1, -0.05) is 24.0 Å². The van der Waals surface area contributed by atoms with E-state index in [4.69, 9.17) is 10.8 Å². The van der Waals surface area contributed by atoms with Gasteiger partial charge in [0, 0.05) is 0 Å². The van der Waals surface area contributed by atoms with Crippen LogP contribution in [-0.2, 0) is 9.36 Å². The van der Waals surface area contributed by atoms with Gasteiger partial charge in [-0.25, -0.2) is 0 Å². The minimum absolute atomic E-state index is 0.512. The zero-order valence-corrected chi connectivity index (χ0v) is 9.52. The Morgan fingerprint density at radius 2 is 2.20 bits per heavy atom. The molecule has 0 rings (SSSR count). The molecule has 0 fully saturated rings. The standard InChI is InChI=1S/C9H16NO4P/c1-2-3-4-7(15(13)14)5-6-8(10)9(11)12/h5-8H,2-4,10H2,1H3,(H,11,12). The van der Waals surface area contributed by atoms with Crippen LogP contribution >= 0.6 is 8.03 Å². The van der Waals surface area contributed by atoms with E-state index in [0.717, 1.165) is 12.8 Å². The van der Waals surface area contributed by atoms with E-state index >= 15 is 0 Å². The average Bonchev–Trinajstić information content (AvgIpc) is 2.16. The predicted octanol–water partition coefficient (Wildman–Crippen LogP) is 0.616. The second-order valence-corrected chi connectivity index (χ2v) is 4.48. The fraction of sp³-hybridized carbons (Fsp3) is 0.667. The Balaban J connectivity index is 4.27. The van der Waals surface area contributed by atoms with Crippen LogP contribution in [-0.4, -0.2) is 22.8 Å². The van der Waals surface area contributed by atoms with Crippen molar-refractivity contribution in [3.63, 3.8) is 0 Å². The lowest BCUT2D eigenvalue weighted by Crippen LogP contribution is -2.27. The summed E-state index contributed by atoms with van der Waals surface area (Å²) in [7, 11) is -2.56. The maximum absolute atomic E-state index is 10.8. The molecule has 86 valence electrons. The SMILES string of the molecule is CCCCC(C=CC(N)C(=O)O)[P+](=O)[O-]. The molecule has 0 aliphatic carbocycles. The van der Waals surface area contributed by atoms with E-state index in [9.17, 15) is 14.3 Å². The molecule has 0 bridgehead atoms. The van der Waals surface area contributed by atoms with E-state index in [0.29, 0.717) is 6.42 Å². The molecule has 0 heterocycles. The molecule has 5 nitrogen and oxygen atoms in total. The molecule has 3 N–H and O–H groups in total. The predicted molar refractivity (Wildman–Crippen MR) is 55.7 cm³/mol. The first-order valence-corrected chi connectivity index (χ1v) is 6.04. The van der Waals surface area contributed by atoms with E-state index in [2.05, 4.69) is 0 Å². The third-order valence-corrected chi connectivity index (χ3v) is 2.92. The Kier molecular flexibility index (Phi) is 7.13. The fourth-order valence-electron chi connectivity index (χ4n) is 1.02. The van der Waals surface area contributed by atoms with Crippen LogP contribution in [0.1, 0.15) is 26.2 Å². The van der Waals surface area contributed by atoms with Crippen molar-refractivity contribution in [3.8, 4) is 0 Å². The molecule has 3 unspecified atom stereocenters. The van der Waals surface area contributed by atoms with Crippen LogP contribution in [0.15, 0.2) is 12.2 Å². The van der Waals surface area contributed by atoms with Crippen LogP contribution < -0.4 is 10.6 Å². The summed E-state index contributed by atoms with van der Waals surface area (Å²) in [6.45, 7) is 1.96. The number of carboxylic acid groups (broad SMARTS) is 1. The second kappa shape index (κ2) is 7.51. The summed E-state index contributed by atoms with van der Waals surface area (Å²) >= 11 is 0. The fourth-order valence-corrected chi connectivity index (χ4v) is 1.65. The van der Waals surface area contributed by atoms with Gasteiger partial charge in [-0.3, -0.25) is 4.79 Å². The monoisotopic (exact) mass is 233 g/mol. The molecule has 0 aliphatic heterocycles. The number of carbonyl (C=O) groups is 1. The first-order valence-electron chi connectivity index (χ1n) is 4.79. The number of aliphatic carboxylic acids is 1. The molecule has 0 saturated heterocycles. The molecule has 0 saturated carbocycles. The van der Waals surface area contributed by atoms with E-state index in [1.54, 1.807) is 0 Å². The number of carboxylic acids is 1. The Bertz CT molecular complexity index is 254. The third-order valence-electron chi connectivity index (χ3n) is 1.95. The summed E-state index contributed by atoms with van der Waals surface area (Å²) in [4.78, 5) is 21.2. The van der Waals surface area contributed by atoms with Crippen molar-refractivity contribution >= 4 is 14.0 Å². The van der Waals surface area contributed by atoms with Gasteiger partial charge in [-0.05, 0) is 18.9 Å². The zero-order valence-electron chi connectivity index (χ0n) is 8.63. The first kappa shape index (κ1) is 14.2. The topological polar surface area (TPSA) is 103 Å². The van der Waals surface area contributed by atoms with Crippen LogP contribution in [0.2, 0.25) is 0 Å². The van der Waals surface area contributed by atoms with Gasteiger partial charge in [-0.2, -0.15) is 0 Å². The number of rotatable bonds is 7. The zero-order chi connectivity index (χ0) is 11.8. The first-order chi connectivity index (χ1) is 6.99. The molecule has 0 spiro atoms. The number of allylic oxidation sites excluding steroid dienone is 1. The number of hydrogen-bond acceptors (Lipinski definition) is 4. The molecule has 15 heavy (non-hydrogen) atoms. The van der Waals surface area contributed by atoms with E-state index < -0.39 is 25.7 Å². The molecule has 3 atom stereocenters. The summed E-state index contributed by atoms with van der Waals surface area (Å²) in [5.74, 6) is -1.17. The molecule has 0 radical (unpaired) electrons. The second-order valence-electron chi connectivity index (χ2n) is 3.24. The van der Waals surface area contributed by atoms with E-state index in [1.165, 1.54) is 12.2 Å². The Hall–Kier alpha value is -0.770. The Labute approximate surface area is 89.9 Å². The Morgan fingerprint density at radius 1 is 1.60 bits per heavy atom. The summed E-state index contributed by atoms with van der Waals surface area (Å²) in [6, 6.07) is -1.14. The van der Waals surface area contributed by atoms with Crippen LogP contribution in [0.3, 0.4) is 0 Å². The van der Waals surface area contributed by atoms with Gasteiger partial charge in [-0.15, -0.1) is 0 Å². The normalized spacial score (nSPS) is 16.3. The van der Waals surface area contributed by atoms with Crippen LogP contribution in [0.4, 0.5) is 0 Å². The van der Waals surface area contributed by atoms with Crippen molar-refractivity contribution < 1.29 is 19.4 Å². The summed E-state index contributed by atoms with van der Waals surface area (Å²) in [6.07, 6.45) is 4.78. The quantitative estimate of drug-likeness (QED) is 0.495. The Morgan fingerprint density at radius 3 is 2.60 bits per heavy atom. The van der Waals surface area contributed by atoms with Gasteiger partial charge in [0.25, 0.3) is 0 Å². The average molecular weight is 233 g/mol. The number of nitrogens with two attached hydrogens (primary N) is 1. The van der Waals surface area contributed by atoms with Gasteiger partial charge in [0.15, 0.2) is 5.66 Å². The molecule has 0 aliphatic rings. The van der Waals surface area contributed by atoms with Gasteiger partial charge < -0.3 is 15.7 Å². The lowest BCUT2D eigenvalue weighted by molar-refractivity contribution is -0.165. The molecular weight excluding hydrogens is 217 g/mol. The molecule has 0 aromatic carbocycles. The summed E-state index contributed by atoms with van der Waals surface area (Å²) < 4.78 is 10.8. The van der Waals surface area contributed by atoms with E-state index in [-0.39, 0.29) is 0 Å². The van der Waals surface area contributed by atoms with Gasteiger partial charge >= 0.3 is 14.0 Å². The third kappa shape index (κ3) is 6.33. The number of hydrogen-bond donors (Lipinski definition) is 2. The molecular formula is C9H16NO4P. The van der Waals surface area contributed by atoms with Crippen LogP contribution in [0.5, 0.6) is 0 Å². The summed E-state index contributed by atoms with van der Waals surface area (Å²) in [5, 5.41) is 8.48. The maximum Gasteiger partial charge on any atom is 0.324 e. The lowest BCUT2D eigenvalue weighted by Gasteiger charge is -2.04. The van der Waals surface area contributed by atoms with Crippen molar-refractivity contribution in [2.75, 3.05) is 0 Å². The highest BCUT2D eigenvalue weighted by Crippen LogP contribution is 2.24. The molecule has 0 aromatic rings. The van der Waals surface area contributed by atoms with Crippen molar-refractivity contribution in [1.82, 2.24) is 0 Å². The smallest absolute Gasteiger partial charge is 0.324 e. The highest BCUT2D eigenvalue weighted by molar-refractivity contribution is 7.37. The van der Waals surface area contributed by atoms with Gasteiger partial charge in [0.1, 0.15) is 6.04 Å². The number of unbranched alkanes of at least 4 members (excludes halogenated alkanes) is 1. The minimum atomic E-state index is -2.56. The van der Waals surface area contributed by atoms with E-state index in [1.807, 2.05) is 6.92 Å². The van der Waals surface area contributed by atoms with Crippen molar-refractivity contribution in [2.45, 2.75) is 37.9 Å². The molecule has 0 amide bonds. The van der Waals surface area contributed by atoms with Crippen molar-refractivity contribution in [2.24, 2.45) is 5.73 Å². The van der Waals surface area contributed by atoms with Crippen molar-refractivity contribution in [1.29, 1.82) is 0 Å². The molecule has 6 heteroatoms. The van der Waals surface area contributed by atoms with Crippen molar-refractivity contribution in [3.05, 3.63) is 12.2 Å². The lowest BCUT2D eigenvalue weighted by atomic mass is 10.1. The highest BCUT2D eigenvalue weighted by atomic mass is 31.1.